The Labute approximate surface area is 159 Å². The normalized spacial score (nSPS) is 38.8. The van der Waals surface area contributed by atoms with Crippen LogP contribution < -0.4 is 0 Å². The van der Waals surface area contributed by atoms with Gasteiger partial charge in [-0.25, -0.2) is 0 Å². The lowest BCUT2D eigenvalue weighted by atomic mass is 9.54. The summed E-state index contributed by atoms with van der Waals surface area (Å²) in [7, 11) is 0. The number of allylic oxidation sites excluding steroid dienone is 1. The molecule has 0 spiro atoms. The van der Waals surface area contributed by atoms with E-state index in [-0.39, 0.29) is 23.7 Å². The van der Waals surface area contributed by atoms with Crippen LogP contribution in [0, 0.1) is 23.7 Å². The average Bonchev–Trinajstić information content (AvgIpc) is 2.85. The minimum Gasteiger partial charge on any atom is -0.454 e. The number of nitrogens with zero attached hydrogens (tertiary/aromatic N) is 2. The zero-order valence-corrected chi connectivity index (χ0v) is 16.3. The Kier molecular flexibility index (Phi) is 4.63. The number of ether oxygens (including phenoxy) is 2. The maximum absolute atomic E-state index is 13.3. The molecule has 1 saturated carbocycles. The molecule has 2 saturated heterocycles. The van der Waals surface area contributed by atoms with Crippen molar-refractivity contribution in [2.24, 2.45) is 23.7 Å². The molecule has 5 atom stereocenters. The third kappa shape index (κ3) is 2.91. The molecule has 5 aliphatic rings. The molecule has 7 heteroatoms. The second-order valence-corrected chi connectivity index (χ2v) is 8.43. The first-order valence-corrected chi connectivity index (χ1v) is 9.88. The van der Waals surface area contributed by atoms with Crippen LogP contribution in [-0.2, 0) is 23.9 Å². The van der Waals surface area contributed by atoms with Crippen LogP contribution in [0.3, 0.4) is 0 Å². The highest BCUT2D eigenvalue weighted by atomic mass is 16.6. The van der Waals surface area contributed by atoms with Crippen molar-refractivity contribution >= 4 is 17.8 Å². The van der Waals surface area contributed by atoms with Crippen molar-refractivity contribution in [3.05, 3.63) is 11.6 Å². The van der Waals surface area contributed by atoms with Crippen molar-refractivity contribution in [2.75, 3.05) is 39.4 Å². The first-order valence-electron chi connectivity index (χ1n) is 9.88. The van der Waals surface area contributed by atoms with Crippen LogP contribution >= 0.6 is 0 Å². The number of amides is 2. The van der Waals surface area contributed by atoms with E-state index in [0.717, 1.165) is 18.7 Å². The predicted molar refractivity (Wildman–Crippen MR) is 96.5 cm³/mol. The van der Waals surface area contributed by atoms with Gasteiger partial charge in [0.25, 0.3) is 0 Å². The number of hydrogen-bond acceptors (Lipinski definition) is 6. The van der Waals surface area contributed by atoms with Crippen LogP contribution in [0.2, 0.25) is 0 Å². The smallest absolute Gasteiger partial charge is 0.303 e. The van der Waals surface area contributed by atoms with Gasteiger partial charge in [-0.2, -0.15) is 0 Å². The molecule has 0 aromatic carbocycles. The highest BCUT2D eigenvalue weighted by molar-refractivity contribution is 6.07. The highest BCUT2D eigenvalue weighted by Gasteiger charge is 2.67. The maximum atomic E-state index is 13.3. The molecule has 2 aliphatic heterocycles. The number of fused-ring (bicyclic) bond motifs is 1. The predicted octanol–water partition coefficient (Wildman–Crippen LogP) is 0.838. The van der Waals surface area contributed by atoms with Gasteiger partial charge in [-0.1, -0.05) is 12.5 Å². The molecule has 2 unspecified atom stereocenters. The minimum absolute atomic E-state index is 0.0530. The van der Waals surface area contributed by atoms with Gasteiger partial charge in [-0.05, 0) is 31.3 Å². The van der Waals surface area contributed by atoms with Gasteiger partial charge in [0.1, 0.15) is 5.60 Å². The van der Waals surface area contributed by atoms with Gasteiger partial charge in [0.2, 0.25) is 11.8 Å². The topological polar surface area (TPSA) is 76.2 Å². The van der Waals surface area contributed by atoms with E-state index < -0.39 is 23.4 Å². The Balaban J connectivity index is 1.60. The van der Waals surface area contributed by atoms with Gasteiger partial charge in [0, 0.05) is 33.1 Å². The molecule has 0 aromatic heterocycles. The Morgan fingerprint density at radius 3 is 2.56 bits per heavy atom. The largest absolute Gasteiger partial charge is 0.454 e. The second-order valence-electron chi connectivity index (χ2n) is 8.43. The number of imide groups is 1. The Morgan fingerprint density at radius 2 is 1.93 bits per heavy atom. The summed E-state index contributed by atoms with van der Waals surface area (Å²) in [4.78, 5) is 41.9. The van der Waals surface area contributed by atoms with E-state index in [2.05, 4.69) is 11.8 Å². The molecule has 0 radical (unpaired) electrons. The van der Waals surface area contributed by atoms with Crippen molar-refractivity contribution in [3.8, 4) is 0 Å². The molecule has 5 rings (SSSR count). The third-order valence-corrected chi connectivity index (χ3v) is 6.68. The SMILES string of the molecule is CC(=O)O[C@@]12C=C(C)[C@@H](C3C(=O)N(CCN4CCOCC4)C(=O)C31)[C@H](C)C2. The van der Waals surface area contributed by atoms with Crippen molar-refractivity contribution in [3.63, 3.8) is 0 Å². The summed E-state index contributed by atoms with van der Waals surface area (Å²) >= 11 is 0. The number of likely N-dealkylation sites (tertiary alicyclic amines) is 1. The van der Waals surface area contributed by atoms with Gasteiger partial charge in [0.15, 0.2) is 0 Å². The molecule has 148 valence electrons. The lowest BCUT2D eigenvalue weighted by Gasteiger charge is -2.52. The second kappa shape index (κ2) is 6.71. The fraction of sp³-hybridized carbons (Fsp3) is 0.750. The molecule has 7 nitrogen and oxygen atoms in total. The van der Waals surface area contributed by atoms with Crippen LogP contribution in [-0.4, -0.2) is 72.6 Å². The molecular weight excluding hydrogens is 348 g/mol. The van der Waals surface area contributed by atoms with E-state index in [9.17, 15) is 14.4 Å². The Bertz CT molecular complexity index is 698. The van der Waals surface area contributed by atoms with Crippen LogP contribution in [0.5, 0.6) is 0 Å². The quantitative estimate of drug-likeness (QED) is 0.411. The van der Waals surface area contributed by atoms with E-state index in [4.69, 9.17) is 9.47 Å². The number of hydrogen-bond donors (Lipinski definition) is 0. The van der Waals surface area contributed by atoms with Crippen molar-refractivity contribution < 1.29 is 23.9 Å². The number of morpholine rings is 1. The first-order chi connectivity index (χ1) is 12.8. The summed E-state index contributed by atoms with van der Waals surface area (Å²) in [6.45, 7) is 9.51. The highest BCUT2D eigenvalue weighted by Crippen LogP contribution is 2.58. The lowest BCUT2D eigenvalue weighted by Crippen LogP contribution is -2.57. The van der Waals surface area contributed by atoms with Gasteiger partial charge < -0.3 is 9.47 Å². The summed E-state index contributed by atoms with van der Waals surface area (Å²) in [5.74, 6) is -1.42. The number of rotatable bonds is 4. The zero-order valence-electron chi connectivity index (χ0n) is 16.3. The van der Waals surface area contributed by atoms with Crippen molar-refractivity contribution in [1.82, 2.24) is 9.80 Å². The third-order valence-electron chi connectivity index (χ3n) is 6.68. The van der Waals surface area contributed by atoms with E-state index in [1.54, 1.807) is 0 Å². The molecule has 27 heavy (non-hydrogen) atoms. The molecule has 0 N–H and O–H groups in total. The van der Waals surface area contributed by atoms with E-state index >= 15 is 0 Å². The summed E-state index contributed by atoms with van der Waals surface area (Å²) in [5.41, 5.74) is 0.0855. The standard InChI is InChI=1S/C20H28N2O5/c1-12-10-20(27-14(3)23)11-13(2)15(12)16-17(20)19(25)22(18(16)24)5-4-21-6-8-26-9-7-21/h10,13,15-17H,4-9,11H2,1-3H3/t13-,15-,16?,17?,20-/m1/s1. The van der Waals surface area contributed by atoms with Crippen LogP contribution in [0.1, 0.15) is 27.2 Å². The monoisotopic (exact) mass is 376 g/mol. The summed E-state index contributed by atoms with van der Waals surface area (Å²) in [5, 5.41) is 0. The van der Waals surface area contributed by atoms with Crippen LogP contribution in [0.25, 0.3) is 0 Å². The summed E-state index contributed by atoms with van der Waals surface area (Å²) in [6, 6.07) is 0. The van der Waals surface area contributed by atoms with E-state index in [1.165, 1.54) is 11.8 Å². The Hall–Kier alpha value is -1.73. The summed E-state index contributed by atoms with van der Waals surface area (Å²) < 4.78 is 11.1. The molecule has 0 aromatic rings. The van der Waals surface area contributed by atoms with Crippen molar-refractivity contribution in [1.29, 1.82) is 0 Å². The van der Waals surface area contributed by atoms with E-state index in [0.29, 0.717) is 32.7 Å². The minimum atomic E-state index is -0.977. The first kappa shape index (κ1) is 18.6. The number of carbonyl (C=O) groups is 3. The fourth-order valence-electron chi connectivity index (χ4n) is 5.79. The fourth-order valence-corrected chi connectivity index (χ4v) is 5.79. The number of esters is 1. The molecule has 2 bridgehead atoms. The van der Waals surface area contributed by atoms with E-state index in [1.807, 2.05) is 13.0 Å². The molecule has 3 aliphatic carbocycles. The summed E-state index contributed by atoms with van der Waals surface area (Å²) in [6.07, 6.45) is 2.54. The molecule has 2 amide bonds. The number of carbonyl (C=O) groups excluding carboxylic acids is 3. The van der Waals surface area contributed by atoms with Crippen LogP contribution in [0.4, 0.5) is 0 Å². The van der Waals surface area contributed by atoms with Gasteiger partial charge in [-0.3, -0.25) is 24.2 Å². The molecule has 2 heterocycles. The van der Waals surface area contributed by atoms with Crippen LogP contribution in [0.15, 0.2) is 11.6 Å². The average molecular weight is 376 g/mol. The maximum Gasteiger partial charge on any atom is 0.303 e. The zero-order chi connectivity index (χ0) is 19.3. The van der Waals surface area contributed by atoms with Gasteiger partial charge in [0.05, 0.1) is 25.0 Å². The van der Waals surface area contributed by atoms with Gasteiger partial charge >= 0.3 is 5.97 Å². The van der Waals surface area contributed by atoms with Gasteiger partial charge in [-0.15, -0.1) is 0 Å². The molecular formula is C20H28N2O5. The Morgan fingerprint density at radius 1 is 1.22 bits per heavy atom. The lowest BCUT2D eigenvalue weighted by molar-refractivity contribution is -0.173. The molecule has 3 fully saturated rings. The van der Waals surface area contributed by atoms with Crippen molar-refractivity contribution in [2.45, 2.75) is 32.8 Å².